The van der Waals surface area contributed by atoms with Crippen LogP contribution in [-0.4, -0.2) is 49.9 Å². The first kappa shape index (κ1) is 16.0. The first-order chi connectivity index (χ1) is 10.6. The van der Waals surface area contributed by atoms with E-state index in [1.54, 1.807) is 8.61 Å². The molecule has 2 fully saturated rings. The second-order valence-corrected chi connectivity index (χ2v) is 7.68. The zero-order valence-corrected chi connectivity index (χ0v) is 13.8. The average Bonchev–Trinajstić information content (AvgIpc) is 3.09. The van der Waals surface area contributed by atoms with Gasteiger partial charge < -0.3 is 9.15 Å². The van der Waals surface area contributed by atoms with E-state index in [4.69, 9.17) is 9.15 Å². The maximum Gasteiger partial charge on any atom is 0.282 e. The van der Waals surface area contributed by atoms with E-state index in [1.165, 1.54) is 0 Å². The maximum atomic E-state index is 13.0. The number of ether oxygens (including phenoxy) is 1. The van der Waals surface area contributed by atoms with Crippen molar-refractivity contribution >= 4 is 10.2 Å². The molecular weight excluding hydrogens is 304 g/mol. The maximum absolute atomic E-state index is 13.0. The van der Waals surface area contributed by atoms with Gasteiger partial charge in [0.15, 0.2) is 0 Å². The highest BCUT2D eigenvalue weighted by Gasteiger charge is 2.40. The van der Waals surface area contributed by atoms with Gasteiger partial charge in [0.2, 0.25) is 0 Å². The molecule has 2 aliphatic heterocycles. The highest BCUT2D eigenvalue weighted by Crippen LogP contribution is 2.36. The monoisotopic (exact) mass is 328 g/mol. The molecule has 6 nitrogen and oxygen atoms in total. The Morgan fingerprint density at radius 2 is 2.05 bits per heavy atom. The minimum Gasteiger partial charge on any atom is -0.464 e. The molecule has 0 N–H and O–H groups in total. The normalized spacial score (nSPS) is 25.4. The highest BCUT2D eigenvalue weighted by molar-refractivity contribution is 7.86. The molecule has 0 bridgehead atoms. The van der Waals surface area contributed by atoms with Crippen LogP contribution in [0.4, 0.5) is 0 Å². The summed E-state index contributed by atoms with van der Waals surface area (Å²) in [5.41, 5.74) is 0. The number of hydrogen-bond donors (Lipinski definition) is 0. The average molecular weight is 328 g/mol. The summed E-state index contributed by atoms with van der Waals surface area (Å²) in [7, 11) is -3.45. The van der Waals surface area contributed by atoms with Gasteiger partial charge >= 0.3 is 0 Å². The van der Waals surface area contributed by atoms with E-state index in [0.717, 1.165) is 37.2 Å². The number of rotatable bonds is 4. The van der Waals surface area contributed by atoms with Gasteiger partial charge in [-0.25, -0.2) is 0 Å². The Bertz CT molecular complexity index is 590. The predicted octanol–water partition coefficient (Wildman–Crippen LogP) is 1.95. The molecule has 0 unspecified atom stereocenters. The quantitative estimate of drug-likeness (QED) is 0.847. The molecule has 0 aromatic carbocycles. The summed E-state index contributed by atoms with van der Waals surface area (Å²) >= 11 is 0. The summed E-state index contributed by atoms with van der Waals surface area (Å²) < 4.78 is 40.2. The van der Waals surface area contributed by atoms with Crippen molar-refractivity contribution in [1.29, 1.82) is 0 Å². The third kappa shape index (κ3) is 3.08. The number of furan rings is 1. The molecule has 1 atom stereocenters. The van der Waals surface area contributed by atoms with Crippen molar-refractivity contribution < 1.29 is 17.6 Å². The summed E-state index contributed by atoms with van der Waals surface area (Å²) in [4.78, 5) is 0. The van der Waals surface area contributed by atoms with E-state index in [2.05, 4.69) is 0 Å². The Labute approximate surface area is 132 Å². The molecule has 0 spiro atoms. The van der Waals surface area contributed by atoms with Crippen molar-refractivity contribution in [2.45, 2.75) is 38.6 Å². The lowest BCUT2D eigenvalue weighted by molar-refractivity contribution is 0.147. The van der Waals surface area contributed by atoms with Gasteiger partial charge in [-0.2, -0.15) is 17.0 Å². The van der Waals surface area contributed by atoms with Gasteiger partial charge in [-0.05, 0) is 31.4 Å². The van der Waals surface area contributed by atoms with Crippen molar-refractivity contribution in [3.8, 4) is 0 Å². The number of aryl methyl sites for hydroxylation is 1. The summed E-state index contributed by atoms with van der Waals surface area (Å²) in [6.07, 6.45) is 3.26. The SMILES string of the molecule is CCc1ccc([C@@H]2CCCN2S(=O)(=O)N2CCCOCC2)o1. The van der Waals surface area contributed by atoms with Crippen LogP contribution >= 0.6 is 0 Å². The fraction of sp³-hybridized carbons (Fsp3) is 0.733. The van der Waals surface area contributed by atoms with E-state index in [9.17, 15) is 8.42 Å². The molecule has 3 rings (SSSR count). The Morgan fingerprint density at radius 3 is 2.82 bits per heavy atom. The van der Waals surface area contributed by atoms with Gasteiger partial charge in [0.25, 0.3) is 10.2 Å². The van der Waals surface area contributed by atoms with Crippen LogP contribution in [0, 0.1) is 0 Å². The van der Waals surface area contributed by atoms with E-state index in [1.807, 2.05) is 19.1 Å². The topological polar surface area (TPSA) is 63.0 Å². The first-order valence-electron chi connectivity index (χ1n) is 8.06. The van der Waals surface area contributed by atoms with Crippen molar-refractivity contribution in [1.82, 2.24) is 8.61 Å². The molecule has 0 aliphatic carbocycles. The van der Waals surface area contributed by atoms with Gasteiger partial charge in [0.1, 0.15) is 11.5 Å². The summed E-state index contributed by atoms with van der Waals surface area (Å²) in [5, 5.41) is 0. The fourth-order valence-corrected chi connectivity index (χ4v) is 5.02. The lowest BCUT2D eigenvalue weighted by Gasteiger charge is -2.29. The van der Waals surface area contributed by atoms with Crippen LogP contribution in [0.5, 0.6) is 0 Å². The van der Waals surface area contributed by atoms with Gasteiger partial charge in [-0.3, -0.25) is 0 Å². The Balaban J connectivity index is 1.81. The van der Waals surface area contributed by atoms with Crippen LogP contribution in [0.15, 0.2) is 16.5 Å². The van der Waals surface area contributed by atoms with Gasteiger partial charge in [-0.15, -0.1) is 0 Å². The molecule has 0 radical (unpaired) electrons. The van der Waals surface area contributed by atoms with Crippen LogP contribution in [0.25, 0.3) is 0 Å². The van der Waals surface area contributed by atoms with E-state index in [-0.39, 0.29) is 6.04 Å². The molecule has 2 aliphatic rings. The van der Waals surface area contributed by atoms with Crippen LogP contribution in [-0.2, 0) is 21.4 Å². The van der Waals surface area contributed by atoms with Crippen LogP contribution in [0.3, 0.4) is 0 Å². The van der Waals surface area contributed by atoms with Crippen LogP contribution in [0.1, 0.15) is 43.7 Å². The second kappa shape index (κ2) is 6.70. The fourth-order valence-electron chi connectivity index (χ4n) is 3.17. The molecule has 3 heterocycles. The molecular formula is C15H24N2O4S. The van der Waals surface area contributed by atoms with Gasteiger partial charge in [0, 0.05) is 32.7 Å². The summed E-state index contributed by atoms with van der Waals surface area (Å²) in [6.45, 7) is 4.66. The van der Waals surface area contributed by atoms with Crippen molar-refractivity contribution in [3.05, 3.63) is 23.7 Å². The van der Waals surface area contributed by atoms with Crippen molar-refractivity contribution in [2.24, 2.45) is 0 Å². The minimum atomic E-state index is -3.45. The molecule has 1 aromatic rings. The van der Waals surface area contributed by atoms with Gasteiger partial charge in [-0.1, -0.05) is 6.92 Å². The molecule has 124 valence electrons. The van der Waals surface area contributed by atoms with Crippen LogP contribution in [0.2, 0.25) is 0 Å². The van der Waals surface area contributed by atoms with E-state index in [0.29, 0.717) is 32.8 Å². The molecule has 22 heavy (non-hydrogen) atoms. The lowest BCUT2D eigenvalue weighted by Crippen LogP contribution is -2.44. The van der Waals surface area contributed by atoms with E-state index < -0.39 is 10.2 Å². The molecule has 0 saturated carbocycles. The molecule has 7 heteroatoms. The first-order valence-corrected chi connectivity index (χ1v) is 9.46. The van der Waals surface area contributed by atoms with Crippen molar-refractivity contribution in [2.75, 3.05) is 32.8 Å². The summed E-state index contributed by atoms with van der Waals surface area (Å²) in [5.74, 6) is 1.67. The summed E-state index contributed by atoms with van der Waals surface area (Å²) in [6, 6.07) is 3.69. The van der Waals surface area contributed by atoms with Gasteiger partial charge in [0.05, 0.1) is 12.6 Å². The largest absolute Gasteiger partial charge is 0.464 e. The smallest absolute Gasteiger partial charge is 0.282 e. The third-order valence-corrected chi connectivity index (χ3v) is 6.41. The number of nitrogens with zero attached hydrogens (tertiary/aromatic N) is 2. The van der Waals surface area contributed by atoms with Crippen LogP contribution < -0.4 is 0 Å². The lowest BCUT2D eigenvalue weighted by atomic mass is 10.2. The highest BCUT2D eigenvalue weighted by atomic mass is 32.2. The zero-order valence-electron chi connectivity index (χ0n) is 13.0. The zero-order chi connectivity index (χ0) is 15.6. The molecule has 0 amide bonds. The third-order valence-electron chi connectivity index (χ3n) is 4.37. The predicted molar refractivity (Wildman–Crippen MR) is 82.7 cm³/mol. The minimum absolute atomic E-state index is 0.172. The number of hydrogen-bond acceptors (Lipinski definition) is 4. The van der Waals surface area contributed by atoms with E-state index >= 15 is 0 Å². The standard InChI is InChI=1S/C15H24N2O4S/c1-2-13-6-7-15(21-13)14-5-3-9-17(14)22(18,19)16-8-4-11-20-12-10-16/h6-7,14H,2-5,8-12H2,1H3/t14-/m0/s1. The Morgan fingerprint density at radius 1 is 1.18 bits per heavy atom. The van der Waals surface area contributed by atoms with Crippen molar-refractivity contribution in [3.63, 3.8) is 0 Å². The Hall–Kier alpha value is -0.890. The Kier molecular flexibility index (Phi) is 4.87. The second-order valence-electron chi connectivity index (χ2n) is 5.80. The molecule has 2 saturated heterocycles. The molecule has 1 aromatic heterocycles.